The predicted octanol–water partition coefficient (Wildman–Crippen LogP) is 4.77. The Hall–Kier alpha value is -3.95. The Morgan fingerprint density at radius 1 is 1.02 bits per heavy atom. The third-order valence-corrected chi connectivity index (χ3v) is 10.3. The monoisotopic (exact) mass is 775 g/mol. The zero-order valence-corrected chi connectivity index (χ0v) is 32.2. The second-order valence-electron chi connectivity index (χ2n) is 13.8. The van der Waals surface area contributed by atoms with Crippen LogP contribution in [0.5, 0.6) is 0 Å². The first kappa shape index (κ1) is 46.2. The number of carbonyl (C=O) groups is 3. The zero-order valence-electron chi connectivity index (χ0n) is 31.3. The van der Waals surface area contributed by atoms with E-state index in [-0.39, 0.29) is 37.6 Å². The molecule has 1 aliphatic rings. The van der Waals surface area contributed by atoms with Crippen molar-refractivity contribution in [2.45, 2.75) is 101 Å². The van der Waals surface area contributed by atoms with E-state index in [0.29, 0.717) is 31.5 Å². The summed E-state index contributed by atoms with van der Waals surface area (Å²) in [6, 6.07) is 7.16. The highest BCUT2D eigenvalue weighted by atomic mass is 32.1. The van der Waals surface area contributed by atoms with Crippen molar-refractivity contribution in [1.29, 1.82) is 0 Å². The number of likely N-dealkylation sites (N-methyl/N-ethyl adjacent to an activating group) is 2. The Morgan fingerprint density at radius 3 is 2.30 bits per heavy atom. The number of halogens is 3. The second-order valence-corrected chi connectivity index (χ2v) is 14.5. The maximum atomic E-state index is 14.3. The van der Waals surface area contributed by atoms with Crippen LogP contribution in [0.2, 0.25) is 0 Å². The number of rotatable bonds is 21. The molecule has 6 atom stereocenters. The van der Waals surface area contributed by atoms with Gasteiger partial charge in [-0.05, 0) is 44.2 Å². The Labute approximate surface area is 322 Å². The van der Waals surface area contributed by atoms with Crippen molar-refractivity contribution in [2.75, 3.05) is 40.9 Å². The number of benzene rings is 1. The molecule has 298 valence electrons. The third-order valence-electron chi connectivity index (χ3n) is 9.69. The fourth-order valence-corrected chi connectivity index (χ4v) is 7.11. The Kier molecular flexibility index (Phi) is 22.2. The minimum Gasteiger partial charge on any atom is -0.390 e. The topological polar surface area (TPSA) is 135 Å². The molecule has 0 saturated heterocycles. The van der Waals surface area contributed by atoms with Crippen molar-refractivity contribution < 1.29 is 37.8 Å². The largest absolute Gasteiger partial charge is 0.390 e. The van der Waals surface area contributed by atoms with Crippen molar-refractivity contribution in [3.63, 3.8) is 0 Å². The number of hydrogen-bond donors (Lipinski definition) is 4. The summed E-state index contributed by atoms with van der Waals surface area (Å²) in [5.41, 5.74) is 2.84. The van der Waals surface area contributed by atoms with Crippen LogP contribution < -0.4 is 10.6 Å². The van der Waals surface area contributed by atoms with Crippen LogP contribution in [0.3, 0.4) is 0 Å². The minimum absolute atomic E-state index is 0.158. The van der Waals surface area contributed by atoms with E-state index in [9.17, 15) is 37.8 Å². The Bertz CT molecular complexity index is 1450. The summed E-state index contributed by atoms with van der Waals surface area (Å²) in [6.07, 6.45) is 15.9. The molecule has 1 aromatic carbocycles. The number of carbonyl (C=O) groups excluding carboxylic acids is 3. The molecule has 3 rings (SSSR count). The Morgan fingerprint density at radius 2 is 1.70 bits per heavy atom. The lowest BCUT2D eigenvalue weighted by Gasteiger charge is -2.34. The number of alkyl halides is 3. The number of unbranched alkanes of at least 4 members (excludes halogenated alkanes) is 1. The van der Waals surface area contributed by atoms with Gasteiger partial charge in [0.15, 0.2) is 0 Å². The molecule has 14 heteroatoms. The number of hydrogen-bond acceptors (Lipinski definition) is 8. The predicted molar refractivity (Wildman–Crippen MR) is 205 cm³/mol. The van der Waals surface area contributed by atoms with E-state index >= 15 is 0 Å². The standard InChI is InChI=1S/C39H54FN5O5S.CH2F2/c1-5-7-10-19-34(46)37(48)32(23-29-17-13-9-14-18-29)42-39(50)36(31(6-2)33-25-51-27-41-33)43-38(49)30(22-28-15-11-8-12-16-28)24-35(47)45(4)21-20-44(3)26-40;2-1-3/h1-2,8,11-12,15-16,25,27,29-32,34,36-37,46,48H,7,9-10,13-14,17-24,26H2,3-4H3,(H,42,50)(H,43,49);1H2/t30?,31?,32?,34?,36-,37?;/m0./s1. The quantitative estimate of drug-likeness (QED) is 0.0816. The van der Waals surface area contributed by atoms with Gasteiger partial charge in [-0.15, -0.1) is 30.1 Å². The normalized spacial score (nSPS) is 16.3. The van der Waals surface area contributed by atoms with E-state index in [1.807, 2.05) is 30.3 Å². The fraction of sp³-hybridized carbons (Fsp3) is 0.600. The molecule has 5 unspecified atom stereocenters. The van der Waals surface area contributed by atoms with Crippen molar-refractivity contribution in [2.24, 2.45) is 11.8 Å². The van der Waals surface area contributed by atoms with E-state index in [1.54, 1.807) is 25.0 Å². The zero-order chi connectivity index (χ0) is 39.9. The highest BCUT2D eigenvalue weighted by Gasteiger charge is 2.38. The van der Waals surface area contributed by atoms with Crippen molar-refractivity contribution in [3.05, 3.63) is 52.5 Å². The van der Waals surface area contributed by atoms with Gasteiger partial charge in [0.1, 0.15) is 12.8 Å². The van der Waals surface area contributed by atoms with Gasteiger partial charge in [0, 0.05) is 38.4 Å². The molecule has 10 nitrogen and oxygen atoms in total. The summed E-state index contributed by atoms with van der Waals surface area (Å²) in [5, 5.41) is 29.9. The molecule has 1 aliphatic carbocycles. The SMILES string of the molecule is C#CCCCC(O)C(O)C(CC1CCCCC1)NC(=O)[C@@H](NC(=O)C(CC(=O)N(C)CCN(C)CF)Cc1ccccc1)C(C#C)c1cscn1.FCF. The number of nitrogens with one attached hydrogen (secondary N) is 2. The van der Waals surface area contributed by atoms with Gasteiger partial charge in [0.2, 0.25) is 24.6 Å². The first-order chi connectivity index (χ1) is 26.0. The lowest BCUT2D eigenvalue weighted by Crippen LogP contribution is -2.57. The van der Waals surface area contributed by atoms with Crippen LogP contribution in [0.4, 0.5) is 13.2 Å². The van der Waals surface area contributed by atoms with E-state index in [0.717, 1.165) is 37.7 Å². The first-order valence-corrected chi connectivity index (χ1v) is 19.3. The average molecular weight is 776 g/mol. The molecule has 2 aromatic rings. The van der Waals surface area contributed by atoms with Crippen LogP contribution in [0.25, 0.3) is 0 Å². The molecule has 4 N–H and O–H groups in total. The van der Waals surface area contributed by atoms with E-state index in [1.165, 1.54) is 21.1 Å². The van der Waals surface area contributed by atoms with Crippen LogP contribution in [0.15, 0.2) is 41.2 Å². The summed E-state index contributed by atoms with van der Waals surface area (Å²) in [7, 11) is 3.22. The van der Waals surface area contributed by atoms with Crippen molar-refractivity contribution >= 4 is 29.1 Å². The van der Waals surface area contributed by atoms with E-state index < -0.39 is 61.7 Å². The van der Waals surface area contributed by atoms with E-state index in [2.05, 4.69) is 27.5 Å². The summed E-state index contributed by atoms with van der Waals surface area (Å²) in [6.45, 7) is -1.81. The number of aromatic nitrogens is 1. The van der Waals surface area contributed by atoms with Crippen LogP contribution in [-0.2, 0) is 20.8 Å². The molecule has 54 heavy (non-hydrogen) atoms. The molecule has 1 aromatic heterocycles. The van der Waals surface area contributed by atoms with Gasteiger partial charge in [0.05, 0.1) is 41.3 Å². The van der Waals surface area contributed by atoms with Gasteiger partial charge in [-0.1, -0.05) is 68.4 Å². The summed E-state index contributed by atoms with van der Waals surface area (Å²) < 4.78 is 32.3. The van der Waals surface area contributed by atoms with Crippen LogP contribution >= 0.6 is 11.3 Å². The molecule has 0 radical (unpaired) electrons. The maximum Gasteiger partial charge on any atom is 0.244 e. The molecule has 0 aliphatic heterocycles. The Balaban J connectivity index is 0.00000325. The number of nitrogens with zero attached hydrogens (tertiary/aromatic N) is 3. The molecule has 1 saturated carbocycles. The molecular formula is C40H56F3N5O5S. The fourth-order valence-electron chi connectivity index (χ4n) is 6.52. The molecule has 0 bridgehead atoms. The average Bonchev–Trinajstić information content (AvgIpc) is 3.71. The number of aliphatic hydroxyl groups is 2. The molecule has 1 heterocycles. The molecule has 3 amide bonds. The second kappa shape index (κ2) is 26.0. The molecule has 0 spiro atoms. The lowest BCUT2D eigenvalue weighted by atomic mass is 9.82. The van der Waals surface area contributed by atoms with Crippen molar-refractivity contribution in [3.8, 4) is 24.7 Å². The van der Waals surface area contributed by atoms with Gasteiger partial charge in [-0.25, -0.2) is 18.2 Å². The summed E-state index contributed by atoms with van der Waals surface area (Å²) in [4.78, 5) is 49.1. The lowest BCUT2D eigenvalue weighted by molar-refractivity contribution is -0.137. The molecular weight excluding hydrogens is 720 g/mol. The van der Waals surface area contributed by atoms with E-state index in [4.69, 9.17) is 12.8 Å². The first-order valence-electron chi connectivity index (χ1n) is 18.4. The minimum atomic E-state index is -1.75. The highest BCUT2D eigenvalue weighted by Crippen LogP contribution is 2.29. The van der Waals surface area contributed by atoms with Gasteiger partial charge >= 0.3 is 0 Å². The van der Waals surface area contributed by atoms with Gasteiger partial charge in [-0.3, -0.25) is 19.3 Å². The van der Waals surface area contributed by atoms with Crippen LogP contribution in [0, 0.1) is 36.5 Å². The highest BCUT2D eigenvalue weighted by molar-refractivity contribution is 7.07. The van der Waals surface area contributed by atoms with Gasteiger partial charge in [-0.2, -0.15) is 0 Å². The van der Waals surface area contributed by atoms with Gasteiger partial charge in [0.25, 0.3) is 0 Å². The van der Waals surface area contributed by atoms with Crippen LogP contribution in [-0.4, -0.2) is 108 Å². The summed E-state index contributed by atoms with van der Waals surface area (Å²) >= 11 is 1.30. The van der Waals surface area contributed by atoms with Crippen molar-refractivity contribution in [1.82, 2.24) is 25.4 Å². The number of amides is 3. The number of thiazole rings is 1. The van der Waals surface area contributed by atoms with Crippen LogP contribution in [0.1, 0.15) is 81.4 Å². The third kappa shape index (κ3) is 16.2. The molecule has 1 fully saturated rings. The summed E-state index contributed by atoms with van der Waals surface area (Å²) in [5.74, 6) is 2.13. The maximum absolute atomic E-state index is 14.3. The smallest absolute Gasteiger partial charge is 0.244 e. The number of aliphatic hydroxyl groups excluding tert-OH is 2. The van der Waals surface area contributed by atoms with Gasteiger partial charge < -0.3 is 25.7 Å². The number of terminal acetylenes is 2.